The van der Waals surface area contributed by atoms with Gasteiger partial charge < -0.3 is 15.4 Å². The second kappa shape index (κ2) is 5.37. The summed E-state index contributed by atoms with van der Waals surface area (Å²) in [7, 11) is 0. The Balaban J connectivity index is 1.61. The number of H-pyrrole nitrogens is 1. The Morgan fingerprint density at radius 1 is 1.12 bits per heavy atom. The van der Waals surface area contributed by atoms with E-state index in [0.717, 1.165) is 35.2 Å². The maximum atomic E-state index is 12.6. The number of carboxylic acid groups (broad SMARTS) is 1. The first-order chi connectivity index (χ1) is 11.6. The van der Waals surface area contributed by atoms with Gasteiger partial charge in [0.1, 0.15) is 11.2 Å². The van der Waals surface area contributed by atoms with Crippen LogP contribution in [-0.2, 0) is 24.1 Å². The molecule has 3 N–H and O–H groups in total. The summed E-state index contributed by atoms with van der Waals surface area (Å²) < 4.78 is 0. The number of carboxylic acids is 1. The monoisotopic (exact) mass is 322 g/mol. The Morgan fingerprint density at radius 2 is 1.83 bits per heavy atom. The van der Waals surface area contributed by atoms with E-state index in [9.17, 15) is 14.7 Å². The molecular formula is C19H18N2O3. The van der Waals surface area contributed by atoms with Gasteiger partial charge >= 0.3 is 5.97 Å². The van der Waals surface area contributed by atoms with E-state index >= 15 is 0 Å². The lowest BCUT2D eigenvalue weighted by Gasteiger charge is -2.25. The lowest BCUT2D eigenvalue weighted by molar-refractivity contribution is -0.144. The number of aliphatic carboxylic acids is 1. The van der Waals surface area contributed by atoms with Gasteiger partial charge in [-0.2, -0.15) is 0 Å². The fourth-order valence-electron chi connectivity index (χ4n) is 3.62. The number of amides is 1. The predicted octanol–water partition coefficient (Wildman–Crippen LogP) is 2.33. The summed E-state index contributed by atoms with van der Waals surface area (Å²) in [5, 5.41) is 12.5. The van der Waals surface area contributed by atoms with Crippen LogP contribution in [0.2, 0.25) is 0 Å². The third kappa shape index (κ3) is 2.33. The van der Waals surface area contributed by atoms with Crippen molar-refractivity contribution in [3.05, 3.63) is 64.5 Å². The molecule has 0 saturated heterocycles. The van der Waals surface area contributed by atoms with Crippen molar-refractivity contribution in [2.75, 3.05) is 0 Å². The van der Waals surface area contributed by atoms with Crippen LogP contribution in [0.25, 0.3) is 6.08 Å². The van der Waals surface area contributed by atoms with Crippen molar-refractivity contribution >= 4 is 18.0 Å². The summed E-state index contributed by atoms with van der Waals surface area (Å²) in [6, 6.07) is 9.45. The normalized spacial score (nSPS) is 17.2. The van der Waals surface area contributed by atoms with Crippen molar-refractivity contribution in [2.45, 2.75) is 31.2 Å². The van der Waals surface area contributed by atoms with Crippen LogP contribution < -0.4 is 5.32 Å². The molecule has 24 heavy (non-hydrogen) atoms. The zero-order chi connectivity index (χ0) is 16.7. The quantitative estimate of drug-likeness (QED) is 0.811. The molecular weight excluding hydrogens is 304 g/mol. The van der Waals surface area contributed by atoms with E-state index in [0.29, 0.717) is 18.5 Å². The lowest BCUT2D eigenvalue weighted by Crippen LogP contribution is -2.55. The molecule has 0 fully saturated rings. The van der Waals surface area contributed by atoms with E-state index in [1.807, 2.05) is 36.4 Å². The number of hydrogen-bond donors (Lipinski definition) is 3. The molecule has 1 heterocycles. The van der Waals surface area contributed by atoms with E-state index < -0.39 is 11.5 Å². The summed E-state index contributed by atoms with van der Waals surface area (Å²) in [5.41, 5.74) is 3.14. The highest BCUT2D eigenvalue weighted by atomic mass is 16.4. The molecule has 2 aliphatic rings. The summed E-state index contributed by atoms with van der Waals surface area (Å²) in [6.07, 6.45) is 6.50. The van der Waals surface area contributed by atoms with Crippen LogP contribution in [0.3, 0.4) is 0 Å². The van der Waals surface area contributed by atoms with Gasteiger partial charge in [0.2, 0.25) is 0 Å². The number of nitrogens with one attached hydrogen (secondary N) is 2. The molecule has 4 rings (SSSR count). The molecule has 5 nitrogen and oxygen atoms in total. The summed E-state index contributed by atoms with van der Waals surface area (Å²) in [6.45, 7) is 0. The minimum absolute atomic E-state index is 0.310. The first-order valence-corrected chi connectivity index (χ1v) is 8.08. The Labute approximate surface area is 139 Å². The first kappa shape index (κ1) is 14.8. The molecule has 0 radical (unpaired) electrons. The highest BCUT2D eigenvalue weighted by Crippen LogP contribution is 2.31. The van der Waals surface area contributed by atoms with Gasteiger partial charge in [0, 0.05) is 18.5 Å². The number of carbonyl (C=O) groups is 2. The second-order valence-electron chi connectivity index (χ2n) is 6.53. The largest absolute Gasteiger partial charge is 0.479 e. The van der Waals surface area contributed by atoms with Gasteiger partial charge in [0.25, 0.3) is 5.91 Å². The number of fused-ring (bicyclic) bond motifs is 2. The van der Waals surface area contributed by atoms with Gasteiger partial charge in [0.15, 0.2) is 0 Å². The molecule has 0 atom stereocenters. The fraction of sp³-hybridized carbons (Fsp3) is 0.263. The number of carbonyl (C=O) groups excluding carboxylic acids is 1. The molecule has 0 bridgehead atoms. The third-order valence-electron chi connectivity index (χ3n) is 4.91. The van der Waals surface area contributed by atoms with E-state index in [-0.39, 0.29) is 5.91 Å². The van der Waals surface area contributed by atoms with Crippen LogP contribution in [0, 0.1) is 0 Å². The standard InChI is InChI=1S/C19H18N2O3/c22-17(16-9-12-5-3-4-8-15(12)20-16)21-19(18(23)24)10-13-6-1-2-7-14(13)11-19/h1-2,4,6-9,20H,3,5,10-11H2,(H,21,22)(H,23,24). The number of rotatable bonds is 3. The van der Waals surface area contributed by atoms with Crippen molar-refractivity contribution in [2.24, 2.45) is 0 Å². The van der Waals surface area contributed by atoms with Crippen LogP contribution in [0.1, 0.15) is 39.3 Å². The highest BCUT2D eigenvalue weighted by Gasteiger charge is 2.45. The smallest absolute Gasteiger partial charge is 0.330 e. The van der Waals surface area contributed by atoms with Gasteiger partial charge in [-0.05, 0) is 41.7 Å². The molecule has 0 aliphatic heterocycles. The van der Waals surface area contributed by atoms with Gasteiger partial charge in [-0.1, -0.05) is 30.3 Å². The molecule has 2 aromatic rings. The Bertz CT molecular complexity index is 838. The highest BCUT2D eigenvalue weighted by molar-refractivity contribution is 5.97. The summed E-state index contributed by atoms with van der Waals surface area (Å²) >= 11 is 0. The average molecular weight is 322 g/mol. The zero-order valence-electron chi connectivity index (χ0n) is 13.1. The third-order valence-corrected chi connectivity index (χ3v) is 4.91. The molecule has 1 aromatic heterocycles. The molecule has 2 aliphatic carbocycles. The van der Waals surface area contributed by atoms with Crippen LogP contribution in [0.5, 0.6) is 0 Å². The lowest BCUT2D eigenvalue weighted by atomic mass is 9.95. The minimum atomic E-state index is -1.28. The average Bonchev–Trinajstić information content (AvgIpc) is 3.16. The number of hydrogen-bond acceptors (Lipinski definition) is 2. The Kier molecular flexibility index (Phi) is 3.30. The van der Waals surface area contributed by atoms with Gasteiger partial charge in [-0.25, -0.2) is 4.79 Å². The number of aromatic amines is 1. The molecule has 0 unspecified atom stereocenters. The maximum Gasteiger partial charge on any atom is 0.330 e. The number of allylic oxidation sites excluding steroid dienone is 1. The Morgan fingerprint density at radius 3 is 2.46 bits per heavy atom. The van der Waals surface area contributed by atoms with Crippen LogP contribution in [-0.4, -0.2) is 27.5 Å². The van der Waals surface area contributed by atoms with Gasteiger partial charge in [-0.15, -0.1) is 0 Å². The van der Waals surface area contributed by atoms with E-state index in [2.05, 4.69) is 16.4 Å². The topological polar surface area (TPSA) is 82.2 Å². The summed E-state index contributed by atoms with van der Waals surface area (Å²) in [5.74, 6) is -1.36. The van der Waals surface area contributed by atoms with E-state index in [1.165, 1.54) is 0 Å². The SMILES string of the molecule is O=C(NC1(C(=O)O)Cc2ccccc2C1)c1cc2c([nH]1)C=CCC2. The maximum absolute atomic E-state index is 12.6. The van der Waals surface area contributed by atoms with Crippen molar-refractivity contribution in [1.29, 1.82) is 0 Å². The van der Waals surface area contributed by atoms with Crippen molar-refractivity contribution in [1.82, 2.24) is 10.3 Å². The van der Waals surface area contributed by atoms with Crippen molar-refractivity contribution < 1.29 is 14.7 Å². The molecule has 5 heteroatoms. The molecule has 0 spiro atoms. The molecule has 122 valence electrons. The minimum Gasteiger partial charge on any atom is -0.479 e. The zero-order valence-corrected chi connectivity index (χ0v) is 13.1. The second-order valence-corrected chi connectivity index (χ2v) is 6.53. The Hall–Kier alpha value is -2.82. The molecule has 0 saturated carbocycles. The fourth-order valence-corrected chi connectivity index (χ4v) is 3.62. The molecule has 1 aromatic carbocycles. The van der Waals surface area contributed by atoms with Gasteiger partial charge in [0.05, 0.1) is 0 Å². The van der Waals surface area contributed by atoms with Gasteiger partial charge in [-0.3, -0.25) is 4.79 Å². The van der Waals surface area contributed by atoms with Crippen molar-refractivity contribution in [3.8, 4) is 0 Å². The van der Waals surface area contributed by atoms with Crippen LogP contribution >= 0.6 is 0 Å². The number of aromatic nitrogens is 1. The van der Waals surface area contributed by atoms with Crippen molar-refractivity contribution in [3.63, 3.8) is 0 Å². The molecule has 1 amide bonds. The first-order valence-electron chi connectivity index (χ1n) is 8.08. The van der Waals surface area contributed by atoms with E-state index in [4.69, 9.17) is 0 Å². The summed E-state index contributed by atoms with van der Waals surface area (Å²) in [4.78, 5) is 27.7. The number of aryl methyl sites for hydroxylation is 1. The van der Waals surface area contributed by atoms with Crippen LogP contribution in [0.4, 0.5) is 0 Å². The predicted molar refractivity (Wildman–Crippen MR) is 89.8 cm³/mol. The number of benzene rings is 1. The van der Waals surface area contributed by atoms with E-state index in [1.54, 1.807) is 0 Å². The van der Waals surface area contributed by atoms with Crippen LogP contribution in [0.15, 0.2) is 36.4 Å².